The Kier molecular flexibility index (Phi) is 5.64. The van der Waals surface area contributed by atoms with Crippen molar-refractivity contribution in [2.75, 3.05) is 5.32 Å². The van der Waals surface area contributed by atoms with Gasteiger partial charge in [-0.3, -0.25) is 4.79 Å². The first-order chi connectivity index (χ1) is 11.1. The molecule has 23 heavy (non-hydrogen) atoms. The summed E-state index contributed by atoms with van der Waals surface area (Å²) in [5.74, 6) is 5.10. The normalized spacial score (nSPS) is 12.4. The van der Waals surface area contributed by atoms with Crippen LogP contribution in [-0.2, 0) is 9.59 Å². The molecule has 0 aliphatic heterocycles. The Balaban J connectivity index is 2.10. The standard InChI is InChI=1S/C18H15NO4/c20-12-16(21)17(22)18(23)19-15-8-4-7-14(11-15)10-9-13-5-2-1-3-6-13/h1-8,11-12,16-17,21-22H,(H,19,23)/t16-,17+/m0/s1. The number of rotatable bonds is 4. The number of anilines is 1. The Morgan fingerprint density at radius 2 is 1.65 bits per heavy atom. The predicted octanol–water partition coefficient (Wildman–Crippen LogP) is 0.946. The van der Waals surface area contributed by atoms with E-state index in [0.717, 1.165) is 5.56 Å². The average molecular weight is 309 g/mol. The predicted molar refractivity (Wildman–Crippen MR) is 85.6 cm³/mol. The molecule has 2 rings (SSSR count). The fraction of sp³-hybridized carbons (Fsp3) is 0.111. The smallest absolute Gasteiger partial charge is 0.256 e. The summed E-state index contributed by atoms with van der Waals surface area (Å²) >= 11 is 0. The van der Waals surface area contributed by atoms with Gasteiger partial charge in [0.2, 0.25) is 0 Å². The highest BCUT2D eigenvalue weighted by Gasteiger charge is 2.23. The molecule has 0 fully saturated rings. The number of hydrogen-bond acceptors (Lipinski definition) is 4. The van der Waals surface area contributed by atoms with Gasteiger partial charge in [-0.25, -0.2) is 0 Å². The molecular weight excluding hydrogens is 294 g/mol. The van der Waals surface area contributed by atoms with Crippen LogP contribution in [0.3, 0.4) is 0 Å². The second-order valence-electron chi connectivity index (χ2n) is 4.76. The van der Waals surface area contributed by atoms with E-state index in [2.05, 4.69) is 17.2 Å². The molecule has 2 aromatic carbocycles. The van der Waals surface area contributed by atoms with Crippen molar-refractivity contribution in [3.63, 3.8) is 0 Å². The van der Waals surface area contributed by atoms with Gasteiger partial charge in [0.25, 0.3) is 5.91 Å². The highest BCUT2D eigenvalue weighted by molar-refractivity contribution is 5.96. The van der Waals surface area contributed by atoms with Crippen LogP contribution in [0.5, 0.6) is 0 Å². The quantitative estimate of drug-likeness (QED) is 0.579. The molecule has 5 nitrogen and oxygen atoms in total. The number of carbonyl (C=O) groups is 2. The van der Waals surface area contributed by atoms with E-state index in [1.807, 2.05) is 30.3 Å². The van der Waals surface area contributed by atoms with E-state index in [1.165, 1.54) is 0 Å². The maximum atomic E-state index is 11.7. The fourth-order valence-corrected chi connectivity index (χ4v) is 1.79. The number of aldehydes is 1. The Bertz CT molecular complexity index is 746. The number of benzene rings is 2. The molecule has 0 aliphatic rings. The minimum atomic E-state index is -1.81. The Morgan fingerprint density at radius 3 is 2.35 bits per heavy atom. The summed E-state index contributed by atoms with van der Waals surface area (Å²) < 4.78 is 0. The molecule has 0 heterocycles. The van der Waals surface area contributed by atoms with Crippen molar-refractivity contribution in [2.45, 2.75) is 12.2 Å². The second kappa shape index (κ2) is 7.90. The van der Waals surface area contributed by atoms with Gasteiger partial charge in [0.1, 0.15) is 6.10 Å². The lowest BCUT2D eigenvalue weighted by atomic mass is 10.1. The molecule has 0 radical (unpaired) electrons. The van der Waals surface area contributed by atoms with Crippen LogP contribution >= 0.6 is 0 Å². The average Bonchev–Trinajstić information content (AvgIpc) is 2.59. The molecule has 1 amide bonds. The van der Waals surface area contributed by atoms with Crippen LogP contribution in [0.4, 0.5) is 5.69 Å². The maximum absolute atomic E-state index is 11.7. The number of hydrogen-bond donors (Lipinski definition) is 3. The number of amides is 1. The maximum Gasteiger partial charge on any atom is 0.256 e. The molecule has 0 saturated heterocycles. The van der Waals surface area contributed by atoms with E-state index in [-0.39, 0.29) is 6.29 Å². The zero-order chi connectivity index (χ0) is 16.7. The lowest BCUT2D eigenvalue weighted by molar-refractivity contribution is -0.135. The van der Waals surface area contributed by atoms with Crippen LogP contribution in [0.2, 0.25) is 0 Å². The number of nitrogens with one attached hydrogen (secondary N) is 1. The molecule has 2 atom stereocenters. The monoisotopic (exact) mass is 309 g/mol. The van der Waals surface area contributed by atoms with Crippen molar-refractivity contribution in [1.82, 2.24) is 0 Å². The molecule has 0 saturated carbocycles. The van der Waals surface area contributed by atoms with Crippen LogP contribution < -0.4 is 5.32 Å². The molecule has 0 bridgehead atoms. The summed E-state index contributed by atoms with van der Waals surface area (Å²) in [4.78, 5) is 22.1. The largest absolute Gasteiger partial charge is 0.382 e. The lowest BCUT2D eigenvalue weighted by Crippen LogP contribution is -2.38. The second-order valence-corrected chi connectivity index (χ2v) is 4.76. The molecule has 5 heteroatoms. The van der Waals surface area contributed by atoms with Crippen molar-refractivity contribution < 1.29 is 19.8 Å². The van der Waals surface area contributed by atoms with E-state index in [4.69, 9.17) is 5.11 Å². The van der Waals surface area contributed by atoms with Crippen LogP contribution in [0.15, 0.2) is 54.6 Å². The Morgan fingerprint density at radius 1 is 1.00 bits per heavy atom. The van der Waals surface area contributed by atoms with E-state index < -0.39 is 18.1 Å². The summed E-state index contributed by atoms with van der Waals surface area (Å²) in [6.45, 7) is 0. The van der Waals surface area contributed by atoms with Crippen molar-refractivity contribution >= 4 is 17.9 Å². The van der Waals surface area contributed by atoms with Gasteiger partial charge >= 0.3 is 0 Å². The number of carbonyl (C=O) groups excluding carboxylic acids is 2. The van der Waals surface area contributed by atoms with E-state index in [9.17, 15) is 14.7 Å². The van der Waals surface area contributed by atoms with E-state index in [0.29, 0.717) is 11.3 Å². The van der Waals surface area contributed by atoms with Crippen molar-refractivity contribution in [3.8, 4) is 11.8 Å². The van der Waals surface area contributed by atoms with Crippen molar-refractivity contribution in [1.29, 1.82) is 0 Å². The fourth-order valence-electron chi connectivity index (χ4n) is 1.79. The van der Waals surface area contributed by atoms with Gasteiger partial charge in [0.05, 0.1) is 0 Å². The van der Waals surface area contributed by atoms with E-state index >= 15 is 0 Å². The summed E-state index contributed by atoms with van der Waals surface area (Å²) in [5.41, 5.74) is 1.95. The van der Waals surface area contributed by atoms with Crippen molar-refractivity contribution in [3.05, 3.63) is 65.7 Å². The number of aliphatic hydroxyl groups excluding tert-OH is 2. The first-order valence-corrected chi connectivity index (χ1v) is 6.89. The first-order valence-electron chi connectivity index (χ1n) is 6.89. The van der Waals surface area contributed by atoms with Gasteiger partial charge in [0, 0.05) is 16.8 Å². The molecule has 2 aromatic rings. The third kappa shape index (κ3) is 4.78. The molecule has 3 N–H and O–H groups in total. The van der Waals surface area contributed by atoms with E-state index in [1.54, 1.807) is 24.3 Å². The first kappa shape index (κ1) is 16.4. The van der Waals surface area contributed by atoms with Gasteiger partial charge in [0.15, 0.2) is 12.4 Å². The topological polar surface area (TPSA) is 86.6 Å². The van der Waals surface area contributed by atoms with Crippen LogP contribution in [0.25, 0.3) is 0 Å². The van der Waals surface area contributed by atoms with Gasteiger partial charge in [-0.05, 0) is 30.3 Å². The van der Waals surface area contributed by atoms with Crippen LogP contribution in [0.1, 0.15) is 11.1 Å². The lowest BCUT2D eigenvalue weighted by Gasteiger charge is -2.12. The third-order valence-corrected chi connectivity index (χ3v) is 2.99. The van der Waals surface area contributed by atoms with Gasteiger partial charge in [-0.15, -0.1) is 0 Å². The molecule has 116 valence electrons. The molecule has 0 aliphatic carbocycles. The van der Waals surface area contributed by atoms with Gasteiger partial charge in [-0.2, -0.15) is 0 Å². The highest BCUT2D eigenvalue weighted by Crippen LogP contribution is 2.11. The van der Waals surface area contributed by atoms with Gasteiger partial charge in [-0.1, -0.05) is 36.1 Å². The minimum Gasteiger partial charge on any atom is -0.382 e. The Hall–Kier alpha value is -2.94. The summed E-state index contributed by atoms with van der Waals surface area (Å²) in [5, 5.41) is 21.0. The zero-order valence-electron chi connectivity index (χ0n) is 12.1. The zero-order valence-corrected chi connectivity index (χ0v) is 12.1. The summed E-state index contributed by atoms with van der Waals surface area (Å²) in [6, 6.07) is 16.2. The summed E-state index contributed by atoms with van der Waals surface area (Å²) in [7, 11) is 0. The van der Waals surface area contributed by atoms with Crippen LogP contribution in [0, 0.1) is 11.8 Å². The van der Waals surface area contributed by atoms with Crippen LogP contribution in [-0.4, -0.2) is 34.6 Å². The van der Waals surface area contributed by atoms with Gasteiger partial charge < -0.3 is 20.3 Å². The SMILES string of the molecule is O=C[C@H](O)[C@@H](O)C(=O)Nc1cccc(C#Cc2ccccc2)c1. The third-order valence-electron chi connectivity index (χ3n) is 2.99. The molecule has 0 unspecified atom stereocenters. The summed E-state index contributed by atoms with van der Waals surface area (Å²) in [6.07, 6.45) is -3.46. The Labute approximate surface area is 133 Å². The van der Waals surface area contributed by atoms with Crippen molar-refractivity contribution in [2.24, 2.45) is 0 Å². The minimum absolute atomic E-state index is 0.103. The highest BCUT2D eigenvalue weighted by atomic mass is 16.3. The molecule has 0 spiro atoms. The molecule has 0 aromatic heterocycles. The molecular formula is C18H15NO4. The number of aliphatic hydroxyl groups is 2.